The van der Waals surface area contributed by atoms with Crippen molar-refractivity contribution < 1.29 is 9.90 Å². The fraction of sp³-hybridized carbons (Fsp3) is 0. The van der Waals surface area contributed by atoms with E-state index in [1.165, 1.54) is 6.07 Å². The molecule has 1 aliphatic heterocycles. The van der Waals surface area contributed by atoms with Crippen LogP contribution in [0.15, 0.2) is 42.5 Å². The summed E-state index contributed by atoms with van der Waals surface area (Å²) in [5.41, 5.74) is 3.04. The average molecular weight is 272 g/mol. The number of anilines is 1. The average Bonchev–Trinajstić information content (AvgIpc) is 2.71. The standard InChI is InChI=1S/C15H10ClNO2/c16-12-8-9(5-6-14(12)18)7-11-10-3-1-2-4-13(10)17-15(11)19/h1-8,18H,(H,17,19)/b11-7-. The number of carbonyl (C=O) groups excluding carboxylic acids is 1. The Kier molecular flexibility index (Phi) is 2.76. The molecule has 1 heterocycles. The van der Waals surface area contributed by atoms with Crippen LogP contribution in [0.3, 0.4) is 0 Å². The lowest BCUT2D eigenvalue weighted by atomic mass is 10.0. The summed E-state index contributed by atoms with van der Waals surface area (Å²) in [5, 5.41) is 12.5. The Labute approximate surface area is 115 Å². The number of hydrogen-bond acceptors (Lipinski definition) is 2. The van der Waals surface area contributed by atoms with Gasteiger partial charge in [-0.3, -0.25) is 4.79 Å². The summed E-state index contributed by atoms with van der Waals surface area (Å²) in [6, 6.07) is 12.4. The number of nitrogens with one attached hydrogen (secondary N) is 1. The van der Waals surface area contributed by atoms with Crippen LogP contribution < -0.4 is 5.32 Å². The molecule has 0 spiro atoms. The number of phenolic OH excluding ortho intramolecular Hbond substituents is 1. The molecule has 94 valence electrons. The first-order valence-electron chi connectivity index (χ1n) is 5.76. The molecule has 0 atom stereocenters. The van der Waals surface area contributed by atoms with Crippen molar-refractivity contribution in [3.05, 3.63) is 58.6 Å². The van der Waals surface area contributed by atoms with Crippen LogP contribution in [-0.4, -0.2) is 11.0 Å². The fourth-order valence-corrected chi connectivity index (χ4v) is 2.25. The highest BCUT2D eigenvalue weighted by Crippen LogP contribution is 2.33. The highest BCUT2D eigenvalue weighted by molar-refractivity contribution is 6.35. The van der Waals surface area contributed by atoms with E-state index >= 15 is 0 Å². The van der Waals surface area contributed by atoms with Gasteiger partial charge in [0.1, 0.15) is 5.75 Å². The SMILES string of the molecule is O=C1Nc2ccccc2/C1=C/c1ccc(O)c(Cl)c1. The smallest absolute Gasteiger partial charge is 0.256 e. The van der Waals surface area contributed by atoms with Crippen molar-refractivity contribution in [2.24, 2.45) is 0 Å². The van der Waals surface area contributed by atoms with E-state index < -0.39 is 0 Å². The third-order valence-corrected chi connectivity index (χ3v) is 3.30. The van der Waals surface area contributed by atoms with E-state index in [2.05, 4.69) is 5.32 Å². The summed E-state index contributed by atoms with van der Waals surface area (Å²) < 4.78 is 0. The highest BCUT2D eigenvalue weighted by atomic mass is 35.5. The second kappa shape index (κ2) is 4.44. The molecule has 2 aromatic rings. The Morgan fingerprint density at radius 3 is 2.74 bits per heavy atom. The predicted molar refractivity (Wildman–Crippen MR) is 76.1 cm³/mol. The lowest BCUT2D eigenvalue weighted by Crippen LogP contribution is -2.03. The largest absolute Gasteiger partial charge is 0.506 e. The monoisotopic (exact) mass is 271 g/mol. The van der Waals surface area contributed by atoms with E-state index in [1.807, 2.05) is 24.3 Å². The van der Waals surface area contributed by atoms with Crippen molar-refractivity contribution in [3.63, 3.8) is 0 Å². The second-order valence-electron chi connectivity index (χ2n) is 4.27. The molecule has 1 amide bonds. The second-order valence-corrected chi connectivity index (χ2v) is 4.68. The van der Waals surface area contributed by atoms with Crippen LogP contribution in [0.25, 0.3) is 11.6 Å². The molecule has 0 fully saturated rings. The van der Waals surface area contributed by atoms with E-state index in [9.17, 15) is 9.90 Å². The Balaban J connectivity index is 2.08. The third kappa shape index (κ3) is 2.09. The van der Waals surface area contributed by atoms with E-state index in [0.717, 1.165) is 16.8 Å². The normalized spacial score (nSPS) is 15.4. The summed E-state index contributed by atoms with van der Waals surface area (Å²) in [5.74, 6) is -0.106. The summed E-state index contributed by atoms with van der Waals surface area (Å²) in [6.07, 6.45) is 1.76. The van der Waals surface area contributed by atoms with Crippen LogP contribution in [0.4, 0.5) is 5.69 Å². The van der Waals surface area contributed by atoms with Gasteiger partial charge in [0.25, 0.3) is 5.91 Å². The maximum Gasteiger partial charge on any atom is 0.256 e. The van der Waals surface area contributed by atoms with Crippen molar-refractivity contribution in [1.82, 2.24) is 0 Å². The van der Waals surface area contributed by atoms with Gasteiger partial charge in [-0.25, -0.2) is 0 Å². The molecule has 0 radical (unpaired) electrons. The molecule has 19 heavy (non-hydrogen) atoms. The van der Waals surface area contributed by atoms with Crippen molar-refractivity contribution in [1.29, 1.82) is 0 Å². The zero-order valence-electron chi connectivity index (χ0n) is 9.85. The zero-order chi connectivity index (χ0) is 13.4. The number of halogens is 1. The highest BCUT2D eigenvalue weighted by Gasteiger charge is 2.23. The molecule has 1 aliphatic rings. The van der Waals surface area contributed by atoms with Gasteiger partial charge in [-0.05, 0) is 29.8 Å². The maximum absolute atomic E-state index is 11.9. The predicted octanol–water partition coefficient (Wildman–Crippen LogP) is 3.54. The minimum Gasteiger partial charge on any atom is -0.506 e. The molecule has 0 saturated carbocycles. The van der Waals surface area contributed by atoms with Crippen LogP contribution in [0.5, 0.6) is 5.75 Å². The first kappa shape index (κ1) is 11.8. The number of phenols is 1. The molecule has 2 aromatic carbocycles. The van der Waals surface area contributed by atoms with Crippen LogP contribution >= 0.6 is 11.6 Å². The molecule has 0 saturated heterocycles. The van der Waals surface area contributed by atoms with Gasteiger partial charge in [0.15, 0.2) is 0 Å². The van der Waals surface area contributed by atoms with Gasteiger partial charge in [-0.1, -0.05) is 35.9 Å². The zero-order valence-corrected chi connectivity index (χ0v) is 10.6. The number of aromatic hydroxyl groups is 1. The van der Waals surface area contributed by atoms with Crippen LogP contribution in [0, 0.1) is 0 Å². The molecule has 4 heteroatoms. The lowest BCUT2D eigenvalue weighted by molar-refractivity contribution is -0.110. The first-order chi connectivity index (χ1) is 9.15. The fourth-order valence-electron chi connectivity index (χ4n) is 2.06. The molecular formula is C15H10ClNO2. The molecule has 0 aliphatic carbocycles. The van der Waals surface area contributed by atoms with E-state index in [1.54, 1.807) is 18.2 Å². The molecule has 3 rings (SSSR count). The van der Waals surface area contributed by atoms with Gasteiger partial charge >= 0.3 is 0 Å². The first-order valence-corrected chi connectivity index (χ1v) is 6.14. The summed E-state index contributed by atoms with van der Waals surface area (Å²) in [4.78, 5) is 11.9. The number of benzene rings is 2. The van der Waals surface area contributed by atoms with Crippen LogP contribution in [0.1, 0.15) is 11.1 Å². The number of hydrogen-bond donors (Lipinski definition) is 2. The van der Waals surface area contributed by atoms with Crippen LogP contribution in [0.2, 0.25) is 5.02 Å². The maximum atomic E-state index is 11.9. The summed E-state index contributed by atoms with van der Waals surface area (Å²) in [7, 11) is 0. The number of fused-ring (bicyclic) bond motifs is 1. The Bertz CT molecular complexity index is 707. The number of carbonyl (C=O) groups is 1. The van der Waals surface area contributed by atoms with E-state index in [4.69, 9.17) is 11.6 Å². The summed E-state index contributed by atoms with van der Waals surface area (Å²) in [6.45, 7) is 0. The van der Waals surface area contributed by atoms with Gasteiger partial charge in [0.2, 0.25) is 0 Å². The minimum atomic E-state index is -0.134. The molecule has 0 bridgehead atoms. The Morgan fingerprint density at radius 2 is 1.95 bits per heavy atom. The van der Waals surface area contributed by atoms with Crippen molar-refractivity contribution >= 4 is 34.8 Å². The van der Waals surface area contributed by atoms with Gasteiger partial charge in [-0.2, -0.15) is 0 Å². The third-order valence-electron chi connectivity index (χ3n) is 2.99. The van der Waals surface area contributed by atoms with Gasteiger partial charge in [0.05, 0.1) is 5.02 Å². The van der Waals surface area contributed by atoms with Crippen molar-refractivity contribution in [2.75, 3.05) is 5.32 Å². The molecule has 0 aromatic heterocycles. The van der Waals surface area contributed by atoms with Crippen molar-refractivity contribution in [3.8, 4) is 5.75 Å². The van der Waals surface area contributed by atoms with Gasteiger partial charge < -0.3 is 10.4 Å². The number of para-hydroxylation sites is 1. The molecular weight excluding hydrogens is 262 g/mol. The van der Waals surface area contributed by atoms with E-state index in [-0.39, 0.29) is 16.7 Å². The van der Waals surface area contributed by atoms with Gasteiger partial charge in [0, 0.05) is 16.8 Å². The lowest BCUT2D eigenvalue weighted by Gasteiger charge is -2.00. The van der Waals surface area contributed by atoms with Crippen molar-refractivity contribution in [2.45, 2.75) is 0 Å². The molecule has 3 nitrogen and oxygen atoms in total. The topological polar surface area (TPSA) is 49.3 Å². The Morgan fingerprint density at radius 1 is 1.16 bits per heavy atom. The van der Waals surface area contributed by atoms with Gasteiger partial charge in [-0.15, -0.1) is 0 Å². The number of rotatable bonds is 1. The molecule has 0 unspecified atom stereocenters. The molecule has 2 N–H and O–H groups in total. The Hall–Kier alpha value is -2.26. The minimum absolute atomic E-state index is 0.0279. The number of amides is 1. The van der Waals surface area contributed by atoms with E-state index in [0.29, 0.717) is 5.57 Å². The summed E-state index contributed by atoms with van der Waals surface area (Å²) >= 11 is 5.86. The quantitative estimate of drug-likeness (QED) is 0.780. The van der Waals surface area contributed by atoms with Crippen LogP contribution in [-0.2, 0) is 4.79 Å².